The summed E-state index contributed by atoms with van der Waals surface area (Å²) < 4.78 is 22.2. The highest BCUT2D eigenvalue weighted by Gasteiger charge is 2.08. The predicted molar refractivity (Wildman–Crippen MR) is 74.0 cm³/mol. The number of primary sulfonamides is 1. The molecule has 0 bridgehead atoms. The van der Waals surface area contributed by atoms with Crippen LogP contribution in [0, 0.1) is 0 Å². The maximum absolute atomic E-state index is 11.6. The molecule has 0 fully saturated rings. The highest BCUT2D eigenvalue weighted by atomic mass is 32.2. The minimum absolute atomic E-state index is 0.00451. The first-order valence-electron chi connectivity index (χ1n) is 6.24. The summed E-state index contributed by atoms with van der Waals surface area (Å²) in [5.41, 5.74) is 0.909. The Kier molecular flexibility index (Phi) is 5.50. The van der Waals surface area contributed by atoms with E-state index in [1.54, 1.807) is 12.1 Å². The molecule has 0 aromatic heterocycles. The molecule has 0 radical (unpaired) electrons. The first kappa shape index (κ1) is 15.7. The fraction of sp³-hybridized carbons (Fsp3) is 0.462. The lowest BCUT2D eigenvalue weighted by Crippen LogP contribution is -2.32. The molecule has 0 unspecified atom stereocenters. The third-order valence-corrected chi connectivity index (χ3v) is 3.84. The minimum Gasteiger partial charge on any atom is -0.354 e. The number of nitrogens with one attached hydrogen (secondary N) is 1. The van der Waals surface area contributed by atoms with E-state index in [0.717, 1.165) is 12.0 Å². The zero-order chi connectivity index (χ0) is 14.5. The number of hydrogen-bond acceptors (Lipinski definition) is 3. The molecular weight excluding hydrogens is 264 g/mol. The minimum atomic E-state index is -3.65. The molecule has 3 N–H and O–H groups in total. The Labute approximate surface area is 114 Å². The smallest absolute Gasteiger partial charge is 0.238 e. The van der Waals surface area contributed by atoms with Crippen LogP contribution in [0.2, 0.25) is 0 Å². The molecule has 0 saturated carbocycles. The number of nitrogens with two attached hydrogens (primary N) is 1. The summed E-state index contributed by atoms with van der Waals surface area (Å²) in [5.74, 6) is 0.00451. The van der Waals surface area contributed by atoms with Gasteiger partial charge >= 0.3 is 0 Å². The van der Waals surface area contributed by atoms with Crippen molar-refractivity contribution in [3.05, 3.63) is 29.8 Å². The molecule has 0 saturated heterocycles. The normalized spacial score (nSPS) is 13.0. The van der Waals surface area contributed by atoms with E-state index < -0.39 is 10.0 Å². The van der Waals surface area contributed by atoms with E-state index >= 15 is 0 Å². The molecule has 0 aliphatic rings. The molecule has 0 aliphatic heterocycles. The molecule has 0 heterocycles. The van der Waals surface area contributed by atoms with Crippen LogP contribution in [0.25, 0.3) is 0 Å². The fourth-order valence-electron chi connectivity index (χ4n) is 1.55. The second-order valence-corrected chi connectivity index (χ2v) is 6.13. The van der Waals surface area contributed by atoms with Crippen LogP contribution >= 0.6 is 0 Å². The molecule has 0 spiro atoms. The Bertz CT molecular complexity index is 523. The Hall–Kier alpha value is -1.40. The molecule has 1 aromatic rings. The van der Waals surface area contributed by atoms with Crippen molar-refractivity contribution in [2.45, 2.75) is 44.0 Å². The van der Waals surface area contributed by atoms with Gasteiger partial charge in [0.1, 0.15) is 0 Å². The van der Waals surface area contributed by atoms with Crippen molar-refractivity contribution in [2.24, 2.45) is 5.14 Å². The lowest BCUT2D eigenvalue weighted by Gasteiger charge is -2.11. The summed E-state index contributed by atoms with van der Waals surface area (Å²) >= 11 is 0. The summed E-state index contributed by atoms with van der Waals surface area (Å²) in [7, 11) is -3.65. The van der Waals surface area contributed by atoms with Gasteiger partial charge in [0.05, 0.1) is 4.90 Å². The van der Waals surface area contributed by atoms with Gasteiger partial charge in [-0.2, -0.15) is 0 Å². The van der Waals surface area contributed by atoms with Gasteiger partial charge in [0.25, 0.3) is 0 Å². The van der Waals surface area contributed by atoms with Crippen molar-refractivity contribution in [3.63, 3.8) is 0 Å². The van der Waals surface area contributed by atoms with Crippen LogP contribution < -0.4 is 10.5 Å². The standard InChI is InChI=1S/C13H20N2O3S/c1-3-10(2)15-13(16)9-6-11-4-7-12(8-5-11)19(14,17)18/h4-5,7-8,10H,3,6,9H2,1-2H3,(H,15,16)(H2,14,17,18)/t10-/m0/s1. The van der Waals surface area contributed by atoms with Crippen molar-refractivity contribution in [1.29, 1.82) is 0 Å². The Morgan fingerprint density at radius 2 is 1.89 bits per heavy atom. The second kappa shape index (κ2) is 6.68. The van der Waals surface area contributed by atoms with Gasteiger partial charge in [0.2, 0.25) is 15.9 Å². The molecule has 19 heavy (non-hydrogen) atoms. The van der Waals surface area contributed by atoms with Crippen LogP contribution in [0.5, 0.6) is 0 Å². The third kappa shape index (κ3) is 5.40. The van der Waals surface area contributed by atoms with Gasteiger partial charge in [-0.1, -0.05) is 19.1 Å². The average molecular weight is 284 g/mol. The zero-order valence-electron chi connectivity index (χ0n) is 11.2. The predicted octanol–water partition coefficient (Wildman–Crippen LogP) is 1.18. The number of aryl methyl sites for hydroxylation is 1. The van der Waals surface area contributed by atoms with Gasteiger partial charge in [-0.25, -0.2) is 13.6 Å². The van der Waals surface area contributed by atoms with Crippen molar-refractivity contribution >= 4 is 15.9 Å². The second-order valence-electron chi connectivity index (χ2n) is 4.57. The molecule has 106 valence electrons. The summed E-state index contributed by atoms with van der Waals surface area (Å²) in [5, 5.41) is 7.89. The van der Waals surface area contributed by atoms with E-state index in [2.05, 4.69) is 5.32 Å². The Morgan fingerprint density at radius 1 is 1.32 bits per heavy atom. The Morgan fingerprint density at radius 3 is 2.37 bits per heavy atom. The summed E-state index contributed by atoms with van der Waals surface area (Å²) in [4.78, 5) is 11.7. The van der Waals surface area contributed by atoms with E-state index in [-0.39, 0.29) is 16.8 Å². The number of benzene rings is 1. The SMILES string of the molecule is CC[C@H](C)NC(=O)CCc1ccc(S(N)(=O)=O)cc1. The molecule has 1 amide bonds. The highest BCUT2D eigenvalue weighted by Crippen LogP contribution is 2.10. The lowest BCUT2D eigenvalue weighted by molar-refractivity contribution is -0.121. The highest BCUT2D eigenvalue weighted by molar-refractivity contribution is 7.89. The number of rotatable bonds is 6. The zero-order valence-corrected chi connectivity index (χ0v) is 12.0. The van der Waals surface area contributed by atoms with Gasteiger partial charge in [-0.15, -0.1) is 0 Å². The summed E-state index contributed by atoms with van der Waals surface area (Å²) in [6, 6.07) is 6.44. The number of hydrogen-bond donors (Lipinski definition) is 2. The van der Waals surface area contributed by atoms with Crippen molar-refractivity contribution < 1.29 is 13.2 Å². The number of sulfonamides is 1. The van der Waals surface area contributed by atoms with E-state index in [0.29, 0.717) is 12.8 Å². The van der Waals surface area contributed by atoms with Crippen molar-refractivity contribution in [3.8, 4) is 0 Å². The van der Waals surface area contributed by atoms with Crippen LogP contribution in [0.3, 0.4) is 0 Å². The van der Waals surface area contributed by atoms with Crippen LogP contribution in [0.1, 0.15) is 32.3 Å². The van der Waals surface area contributed by atoms with Gasteiger partial charge < -0.3 is 5.32 Å². The van der Waals surface area contributed by atoms with E-state index in [1.165, 1.54) is 12.1 Å². The largest absolute Gasteiger partial charge is 0.354 e. The molecule has 0 aliphatic carbocycles. The number of carbonyl (C=O) groups excluding carboxylic acids is 1. The molecule has 5 nitrogen and oxygen atoms in total. The fourth-order valence-corrected chi connectivity index (χ4v) is 2.07. The Balaban J connectivity index is 2.53. The van der Waals surface area contributed by atoms with E-state index in [4.69, 9.17) is 5.14 Å². The maximum atomic E-state index is 11.6. The van der Waals surface area contributed by atoms with E-state index in [1.807, 2.05) is 13.8 Å². The van der Waals surface area contributed by atoms with Crippen LogP contribution in [0.4, 0.5) is 0 Å². The lowest BCUT2D eigenvalue weighted by atomic mass is 10.1. The third-order valence-electron chi connectivity index (χ3n) is 2.91. The quantitative estimate of drug-likeness (QED) is 0.822. The van der Waals surface area contributed by atoms with Crippen molar-refractivity contribution in [2.75, 3.05) is 0 Å². The van der Waals surface area contributed by atoms with Gasteiger partial charge in [0.15, 0.2) is 0 Å². The topological polar surface area (TPSA) is 89.3 Å². The van der Waals surface area contributed by atoms with Crippen LogP contribution in [-0.2, 0) is 21.2 Å². The monoisotopic (exact) mass is 284 g/mol. The first-order chi connectivity index (χ1) is 8.82. The molecule has 1 atom stereocenters. The molecule has 1 aromatic carbocycles. The summed E-state index contributed by atoms with van der Waals surface area (Å²) in [6.07, 6.45) is 1.86. The van der Waals surface area contributed by atoms with Gasteiger partial charge in [-0.3, -0.25) is 4.79 Å². The number of amides is 1. The van der Waals surface area contributed by atoms with Crippen LogP contribution in [0.15, 0.2) is 29.2 Å². The number of carbonyl (C=O) groups is 1. The molecule has 6 heteroatoms. The maximum Gasteiger partial charge on any atom is 0.238 e. The van der Waals surface area contributed by atoms with E-state index in [9.17, 15) is 13.2 Å². The molecule has 1 rings (SSSR count). The van der Waals surface area contributed by atoms with Crippen LogP contribution in [-0.4, -0.2) is 20.4 Å². The van der Waals surface area contributed by atoms with Gasteiger partial charge in [0, 0.05) is 12.5 Å². The first-order valence-corrected chi connectivity index (χ1v) is 7.78. The molecular formula is C13H20N2O3S. The average Bonchev–Trinajstić information content (AvgIpc) is 2.35. The summed E-state index contributed by atoms with van der Waals surface area (Å²) in [6.45, 7) is 3.97. The van der Waals surface area contributed by atoms with Gasteiger partial charge in [-0.05, 0) is 37.5 Å². The van der Waals surface area contributed by atoms with Crippen molar-refractivity contribution in [1.82, 2.24) is 5.32 Å².